The third kappa shape index (κ3) is 1.38. The van der Waals surface area contributed by atoms with Crippen molar-refractivity contribution in [3.8, 4) is 0 Å². The van der Waals surface area contributed by atoms with Crippen LogP contribution in [0.15, 0.2) is 0 Å². The van der Waals surface area contributed by atoms with Crippen molar-refractivity contribution in [2.75, 3.05) is 13.2 Å². The monoisotopic (exact) mass is 91.1 g/mol. The van der Waals surface area contributed by atoms with Crippen molar-refractivity contribution in [3.05, 3.63) is 0 Å². The average molecular weight is 91.1 g/mol. The van der Waals surface area contributed by atoms with Gasteiger partial charge in [0.15, 0.2) is 0 Å². The molecule has 0 aliphatic carbocycles. The molecule has 1 saturated heterocycles. The molecular formula is C4H10O2. The van der Waals surface area contributed by atoms with Gasteiger partial charge in [-0.15, -0.1) is 0 Å². The molecule has 0 aromatic heterocycles. The molecule has 0 atom stereocenters. The van der Waals surface area contributed by atoms with Gasteiger partial charge in [-0.3, -0.25) is 0 Å². The Bertz CT molecular complexity index is 21.3. The first kappa shape index (κ1) is 4.09. The van der Waals surface area contributed by atoms with Crippen LogP contribution in [-0.4, -0.2) is 18.7 Å². The normalized spacial score (nSPS) is 21.2. The van der Waals surface area contributed by atoms with Gasteiger partial charge in [0.25, 0.3) is 0 Å². The van der Waals surface area contributed by atoms with Gasteiger partial charge in [0.2, 0.25) is 1.43 Å². The Morgan fingerprint density at radius 2 is 1.83 bits per heavy atom. The minimum atomic E-state index is 1.00. The summed E-state index contributed by atoms with van der Waals surface area (Å²) in [6.45, 7) is 2.00. The van der Waals surface area contributed by atoms with Gasteiger partial charge >= 0.3 is 0 Å². The maximum atomic E-state index is 6.25. The van der Waals surface area contributed by atoms with E-state index in [1.807, 2.05) is 0 Å². The molecule has 1 aliphatic heterocycles. The van der Waals surface area contributed by atoms with Gasteiger partial charge in [-0.05, 0) is 12.8 Å². The predicted molar refractivity (Wildman–Crippen MR) is 23.7 cm³/mol. The van der Waals surface area contributed by atoms with Crippen LogP contribution in [0.25, 0.3) is 0 Å². The van der Waals surface area contributed by atoms with E-state index in [-0.39, 0.29) is 0 Å². The molecule has 0 saturated carbocycles. The van der Waals surface area contributed by atoms with E-state index >= 15 is 0 Å². The first-order chi connectivity index (χ1) is 3.50. The number of ether oxygens (including phenoxy) is 1. The Balaban J connectivity index is 0.000000162. The molecule has 0 amide bonds. The second kappa shape index (κ2) is 3.12. The highest BCUT2D eigenvalue weighted by Gasteiger charge is 1.94. The van der Waals surface area contributed by atoms with Crippen LogP contribution < -0.4 is 0 Å². The van der Waals surface area contributed by atoms with E-state index in [0.29, 0.717) is 0 Å². The van der Waals surface area contributed by atoms with E-state index in [4.69, 9.17) is 11.6 Å². The van der Waals surface area contributed by atoms with Crippen LogP contribution >= 0.6 is 0 Å². The van der Waals surface area contributed by atoms with Crippen molar-refractivity contribution >= 4 is 0 Å². The van der Waals surface area contributed by atoms with Gasteiger partial charge in [-0.25, -0.2) is 0 Å². The third-order valence-corrected chi connectivity index (χ3v) is 0.827. The van der Waals surface area contributed by atoms with Crippen molar-refractivity contribution in [1.29, 1.82) is 0 Å². The Morgan fingerprint density at radius 3 is 2.00 bits per heavy atom. The average Bonchev–Trinajstić information content (AvgIpc) is 2.23. The summed E-state index contributed by atoms with van der Waals surface area (Å²) in [5.41, 5.74) is 6.25. The fourth-order valence-electron chi connectivity index (χ4n) is 0.510. The largest absolute Gasteiger partial charge is 0.412 e. The van der Waals surface area contributed by atoms with Crippen LogP contribution in [0.4, 0.5) is 0 Å². The lowest BCUT2D eigenvalue weighted by molar-refractivity contribution is 0.198. The Labute approximate surface area is 38.9 Å². The highest BCUT2D eigenvalue weighted by Crippen LogP contribution is 1.98. The van der Waals surface area contributed by atoms with Crippen LogP contribution in [0.5, 0.6) is 0 Å². The molecule has 38 valence electrons. The lowest BCUT2D eigenvalue weighted by Crippen LogP contribution is -1.74. The zero-order chi connectivity index (χ0) is 5.54. The standard InChI is InChI=1S/C4H8O.H2O/c1-2-4-5-3-1;/h1-4H2;1H2/i/hD. The number of hydrogen-bond donors (Lipinski definition) is 0. The van der Waals surface area contributed by atoms with Gasteiger partial charge in [-0.1, -0.05) is 0 Å². The summed E-state index contributed by atoms with van der Waals surface area (Å²) >= 11 is 0. The van der Waals surface area contributed by atoms with Gasteiger partial charge in [0.05, 0.1) is 0 Å². The Kier molecular flexibility index (Phi) is 2.13. The lowest BCUT2D eigenvalue weighted by Gasteiger charge is -1.76. The molecule has 1 aliphatic rings. The van der Waals surface area contributed by atoms with E-state index in [1.165, 1.54) is 12.8 Å². The maximum Gasteiger partial charge on any atom is 0.206 e. The topological polar surface area (TPSA) is 40.7 Å². The quantitative estimate of drug-likeness (QED) is 0.412. The minimum absolute atomic E-state index is 1.00. The van der Waals surface area contributed by atoms with E-state index in [1.54, 1.807) is 0 Å². The van der Waals surface area contributed by atoms with E-state index in [0.717, 1.165) is 13.2 Å². The second-order valence-corrected chi connectivity index (χ2v) is 1.32. The maximum absolute atomic E-state index is 6.25. The molecule has 2 N–H and O–H groups in total. The highest BCUT2D eigenvalue weighted by atomic mass is 16.5. The SMILES string of the molecule is C1CCOC1.[2H]O. The summed E-state index contributed by atoms with van der Waals surface area (Å²) in [5, 5.41) is 0. The molecule has 2 heteroatoms. The molecule has 0 aromatic carbocycles. The summed E-state index contributed by atoms with van der Waals surface area (Å²) in [5.74, 6) is 0. The van der Waals surface area contributed by atoms with Crippen LogP contribution in [0, 0.1) is 0 Å². The Hall–Kier alpha value is -0.0800. The van der Waals surface area contributed by atoms with Crippen LogP contribution in [0.3, 0.4) is 0 Å². The van der Waals surface area contributed by atoms with Gasteiger partial charge < -0.3 is 10.2 Å². The van der Waals surface area contributed by atoms with Crippen LogP contribution in [0.1, 0.15) is 14.3 Å². The molecular weight excluding hydrogens is 80.0 g/mol. The van der Waals surface area contributed by atoms with Gasteiger partial charge in [0.1, 0.15) is 0 Å². The van der Waals surface area contributed by atoms with Crippen molar-refractivity contribution in [2.24, 2.45) is 0 Å². The fourth-order valence-corrected chi connectivity index (χ4v) is 0.510. The van der Waals surface area contributed by atoms with Crippen molar-refractivity contribution in [3.63, 3.8) is 0 Å². The fraction of sp³-hybridized carbons (Fsp3) is 1.00. The minimum Gasteiger partial charge on any atom is -0.412 e. The summed E-state index contributed by atoms with van der Waals surface area (Å²) in [7, 11) is 0. The molecule has 0 unspecified atom stereocenters. The van der Waals surface area contributed by atoms with Crippen molar-refractivity contribution in [1.82, 2.24) is 0 Å². The van der Waals surface area contributed by atoms with Gasteiger partial charge in [0, 0.05) is 13.2 Å². The summed E-state index contributed by atoms with van der Waals surface area (Å²) in [6, 6.07) is 0. The van der Waals surface area contributed by atoms with Gasteiger partial charge in [-0.2, -0.15) is 0 Å². The molecule has 1 fully saturated rings. The highest BCUT2D eigenvalue weighted by molar-refractivity contribution is 4.43. The summed E-state index contributed by atoms with van der Waals surface area (Å²) in [6.07, 6.45) is 2.56. The van der Waals surface area contributed by atoms with Crippen LogP contribution in [-0.2, 0) is 4.74 Å². The zero-order valence-corrected chi connectivity index (χ0v) is 3.68. The smallest absolute Gasteiger partial charge is 0.206 e. The molecule has 1 rings (SSSR count). The van der Waals surface area contributed by atoms with E-state index in [2.05, 4.69) is 0 Å². The summed E-state index contributed by atoms with van der Waals surface area (Å²) < 4.78 is 9.69. The third-order valence-electron chi connectivity index (χ3n) is 0.827. The van der Waals surface area contributed by atoms with Crippen LogP contribution in [0.2, 0.25) is 0 Å². The molecule has 1 heterocycles. The molecule has 0 radical (unpaired) electrons. The Morgan fingerprint density at radius 1 is 1.33 bits per heavy atom. The molecule has 2 nitrogen and oxygen atoms in total. The van der Waals surface area contributed by atoms with E-state index in [9.17, 15) is 0 Å². The first-order valence-corrected chi connectivity index (χ1v) is 2.08. The molecule has 0 spiro atoms. The second-order valence-electron chi connectivity index (χ2n) is 1.32. The lowest BCUT2D eigenvalue weighted by atomic mass is 10.4. The number of hydrogen-bond acceptors (Lipinski definition) is 1. The van der Waals surface area contributed by atoms with E-state index < -0.39 is 0 Å². The molecule has 0 aromatic rings. The summed E-state index contributed by atoms with van der Waals surface area (Å²) in [4.78, 5) is 0. The first-order valence-electron chi connectivity index (χ1n) is 2.52. The molecule has 0 bridgehead atoms. The zero-order valence-electron chi connectivity index (χ0n) is 4.68. The van der Waals surface area contributed by atoms with Crippen molar-refractivity contribution < 1.29 is 11.6 Å². The number of rotatable bonds is 0. The molecule has 6 heavy (non-hydrogen) atoms. The van der Waals surface area contributed by atoms with Crippen molar-refractivity contribution in [2.45, 2.75) is 12.8 Å². The predicted octanol–water partition coefficient (Wildman–Crippen LogP) is -0.0279.